The molecule has 0 fully saturated rings. The number of rotatable bonds is 4. The lowest BCUT2D eigenvalue weighted by Crippen LogP contribution is -2.36. The van der Waals surface area contributed by atoms with Crippen molar-refractivity contribution in [1.82, 2.24) is 15.1 Å². The second-order valence-corrected chi connectivity index (χ2v) is 4.77. The highest BCUT2D eigenvalue weighted by Crippen LogP contribution is 2.12. The van der Waals surface area contributed by atoms with Gasteiger partial charge in [-0.05, 0) is 26.3 Å². The molecular formula is C12H18BrN3O. The van der Waals surface area contributed by atoms with Crippen LogP contribution in [0.25, 0.3) is 0 Å². The molecule has 0 radical (unpaired) electrons. The summed E-state index contributed by atoms with van der Waals surface area (Å²) < 4.78 is 0. The number of aromatic nitrogens is 2. The van der Waals surface area contributed by atoms with E-state index in [0.717, 1.165) is 16.7 Å². The first-order chi connectivity index (χ1) is 8.01. The summed E-state index contributed by atoms with van der Waals surface area (Å²) in [5, 5.41) is 8.82. The minimum Gasteiger partial charge on any atom is -0.338 e. The van der Waals surface area contributed by atoms with Crippen molar-refractivity contribution in [1.29, 1.82) is 0 Å². The Morgan fingerprint density at radius 1 is 1.53 bits per heavy atom. The van der Waals surface area contributed by atoms with Gasteiger partial charge in [0, 0.05) is 18.4 Å². The fraction of sp³-hybridized carbons (Fsp3) is 0.583. The van der Waals surface area contributed by atoms with Crippen molar-refractivity contribution in [2.45, 2.75) is 33.2 Å². The Bertz CT molecular complexity index is 409. The lowest BCUT2D eigenvalue weighted by molar-refractivity contribution is 0.0756. The van der Waals surface area contributed by atoms with Gasteiger partial charge in [-0.2, -0.15) is 10.2 Å². The normalized spacial score (nSPS) is 12.3. The molecule has 1 aromatic rings. The second kappa shape index (κ2) is 6.10. The first kappa shape index (κ1) is 14.1. The maximum Gasteiger partial charge on any atom is 0.255 e. The van der Waals surface area contributed by atoms with Crippen LogP contribution >= 0.6 is 15.9 Å². The lowest BCUT2D eigenvalue weighted by Gasteiger charge is -2.24. The number of amides is 1. The molecular weight excluding hydrogens is 282 g/mol. The third-order valence-electron chi connectivity index (χ3n) is 2.76. The van der Waals surface area contributed by atoms with Crippen LogP contribution in [0, 0.1) is 6.92 Å². The fourth-order valence-electron chi connectivity index (χ4n) is 1.45. The van der Waals surface area contributed by atoms with Gasteiger partial charge in [0.15, 0.2) is 0 Å². The maximum absolute atomic E-state index is 12.3. The Balaban J connectivity index is 3.06. The van der Waals surface area contributed by atoms with E-state index in [-0.39, 0.29) is 11.9 Å². The predicted molar refractivity (Wildman–Crippen MR) is 71.5 cm³/mol. The van der Waals surface area contributed by atoms with E-state index >= 15 is 0 Å². The van der Waals surface area contributed by atoms with Crippen LogP contribution in [0.15, 0.2) is 6.07 Å². The number of carbonyl (C=O) groups excluding carboxylic acids is 1. The molecule has 0 spiro atoms. The molecule has 1 heterocycles. The smallest absolute Gasteiger partial charge is 0.255 e. The number of halogens is 1. The average molecular weight is 300 g/mol. The van der Waals surface area contributed by atoms with Crippen molar-refractivity contribution in [3.63, 3.8) is 0 Å². The van der Waals surface area contributed by atoms with Gasteiger partial charge >= 0.3 is 0 Å². The van der Waals surface area contributed by atoms with Gasteiger partial charge in [-0.1, -0.05) is 22.9 Å². The monoisotopic (exact) mass is 299 g/mol. The maximum atomic E-state index is 12.3. The van der Waals surface area contributed by atoms with Crippen LogP contribution in [-0.2, 0) is 6.42 Å². The molecule has 0 saturated heterocycles. The molecule has 4 nitrogen and oxygen atoms in total. The number of carbonyl (C=O) groups is 1. The van der Waals surface area contributed by atoms with E-state index < -0.39 is 0 Å². The zero-order valence-corrected chi connectivity index (χ0v) is 12.3. The molecule has 0 aliphatic rings. The Kier molecular flexibility index (Phi) is 5.05. The molecule has 0 bridgehead atoms. The quantitative estimate of drug-likeness (QED) is 0.801. The molecule has 94 valence electrons. The van der Waals surface area contributed by atoms with Crippen LogP contribution in [0.3, 0.4) is 0 Å². The van der Waals surface area contributed by atoms with E-state index in [2.05, 4.69) is 26.1 Å². The number of aryl methyl sites for hydroxylation is 2. The second-order valence-electron chi connectivity index (χ2n) is 4.12. The van der Waals surface area contributed by atoms with Crippen molar-refractivity contribution in [3.05, 3.63) is 23.0 Å². The van der Waals surface area contributed by atoms with Gasteiger partial charge in [0.1, 0.15) is 0 Å². The number of nitrogens with zero attached hydrogens (tertiary/aromatic N) is 3. The molecule has 0 aliphatic heterocycles. The van der Waals surface area contributed by atoms with E-state index in [1.807, 2.05) is 33.9 Å². The average Bonchev–Trinajstić information content (AvgIpc) is 2.35. The van der Waals surface area contributed by atoms with Crippen LogP contribution in [0.5, 0.6) is 0 Å². The molecule has 1 atom stereocenters. The summed E-state index contributed by atoms with van der Waals surface area (Å²) >= 11 is 3.38. The number of hydrogen-bond donors (Lipinski definition) is 0. The summed E-state index contributed by atoms with van der Waals surface area (Å²) in [7, 11) is 1.81. The molecule has 0 aromatic carbocycles. The largest absolute Gasteiger partial charge is 0.338 e. The Morgan fingerprint density at radius 3 is 2.71 bits per heavy atom. The number of alkyl halides is 1. The Hall–Kier alpha value is -0.970. The van der Waals surface area contributed by atoms with Gasteiger partial charge in [0.05, 0.1) is 17.0 Å². The summed E-state index contributed by atoms with van der Waals surface area (Å²) in [6, 6.07) is 1.96. The van der Waals surface area contributed by atoms with Crippen molar-refractivity contribution < 1.29 is 4.79 Å². The molecule has 0 saturated carbocycles. The highest BCUT2D eigenvalue weighted by atomic mass is 79.9. The van der Waals surface area contributed by atoms with Gasteiger partial charge in [0.25, 0.3) is 5.91 Å². The molecule has 1 unspecified atom stereocenters. The third-order valence-corrected chi connectivity index (χ3v) is 3.70. The SMILES string of the molecule is CCc1nnc(C)cc1C(=O)N(C)C(C)CBr. The van der Waals surface area contributed by atoms with E-state index in [4.69, 9.17) is 0 Å². The molecule has 1 aromatic heterocycles. The van der Waals surface area contributed by atoms with Crippen LogP contribution in [-0.4, -0.2) is 39.4 Å². The molecule has 5 heteroatoms. The fourth-order valence-corrected chi connectivity index (χ4v) is 1.89. The van der Waals surface area contributed by atoms with E-state index in [1.165, 1.54) is 0 Å². The van der Waals surface area contributed by atoms with E-state index in [1.54, 1.807) is 4.90 Å². The minimum atomic E-state index is 0.00630. The lowest BCUT2D eigenvalue weighted by atomic mass is 10.1. The van der Waals surface area contributed by atoms with Crippen LogP contribution < -0.4 is 0 Å². The zero-order valence-electron chi connectivity index (χ0n) is 10.7. The van der Waals surface area contributed by atoms with Crippen LogP contribution in [0.4, 0.5) is 0 Å². The highest BCUT2D eigenvalue weighted by molar-refractivity contribution is 9.09. The summed E-state index contributed by atoms with van der Waals surface area (Å²) in [5.74, 6) is 0.00630. The van der Waals surface area contributed by atoms with E-state index in [9.17, 15) is 4.79 Å². The molecule has 1 rings (SSSR count). The van der Waals surface area contributed by atoms with Gasteiger partial charge in [0.2, 0.25) is 0 Å². The first-order valence-electron chi connectivity index (χ1n) is 5.67. The minimum absolute atomic E-state index is 0.00630. The number of hydrogen-bond acceptors (Lipinski definition) is 3. The zero-order chi connectivity index (χ0) is 13.0. The van der Waals surface area contributed by atoms with E-state index in [0.29, 0.717) is 12.0 Å². The third kappa shape index (κ3) is 3.25. The van der Waals surface area contributed by atoms with Crippen molar-refractivity contribution in [2.24, 2.45) is 0 Å². The van der Waals surface area contributed by atoms with Crippen LogP contribution in [0.2, 0.25) is 0 Å². The van der Waals surface area contributed by atoms with Gasteiger partial charge < -0.3 is 4.90 Å². The summed E-state index contributed by atoms with van der Waals surface area (Å²) in [6.07, 6.45) is 0.713. The van der Waals surface area contributed by atoms with Crippen LogP contribution in [0.1, 0.15) is 35.6 Å². The Labute approximate surface area is 111 Å². The van der Waals surface area contributed by atoms with Crippen molar-refractivity contribution in [2.75, 3.05) is 12.4 Å². The van der Waals surface area contributed by atoms with Gasteiger partial charge in [-0.25, -0.2) is 0 Å². The standard InChI is InChI=1S/C12H18BrN3O/c1-5-11-10(6-8(2)14-15-11)12(17)16(4)9(3)7-13/h6,9H,5,7H2,1-4H3. The summed E-state index contributed by atoms with van der Waals surface area (Å²) in [5.41, 5.74) is 2.19. The van der Waals surface area contributed by atoms with Gasteiger partial charge in [-0.3, -0.25) is 4.79 Å². The summed E-state index contributed by atoms with van der Waals surface area (Å²) in [4.78, 5) is 14.0. The predicted octanol–water partition coefficient (Wildman–Crippen LogP) is 2.20. The molecule has 0 aliphatic carbocycles. The molecule has 17 heavy (non-hydrogen) atoms. The topological polar surface area (TPSA) is 46.1 Å². The van der Waals surface area contributed by atoms with Crippen molar-refractivity contribution in [3.8, 4) is 0 Å². The highest BCUT2D eigenvalue weighted by Gasteiger charge is 2.20. The Morgan fingerprint density at radius 2 is 2.18 bits per heavy atom. The molecule has 1 amide bonds. The summed E-state index contributed by atoms with van der Waals surface area (Å²) in [6.45, 7) is 5.82. The molecule has 0 N–H and O–H groups in total. The first-order valence-corrected chi connectivity index (χ1v) is 6.79. The van der Waals surface area contributed by atoms with Gasteiger partial charge in [-0.15, -0.1) is 0 Å². The van der Waals surface area contributed by atoms with Crippen molar-refractivity contribution >= 4 is 21.8 Å².